The topological polar surface area (TPSA) is 48.9 Å². The SMILES string of the molecule is CCCN1CCC(CNC(=NCc2ccccc2OC)NCC)C1. The van der Waals surface area contributed by atoms with E-state index in [0.29, 0.717) is 12.5 Å². The van der Waals surface area contributed by atoms with Gasteiger partial charge in [0, 0.05) is 25.2 Å². The minimum Gasteiger partial charge on any atom is -0.496 e. The normalized spacial score (nSPS) is 18.6. The highest BCUT2D eigenvalue weighted by molar-refractivity contribution is 5.79. The highest BCUT2D eigenvalue weighted by Crippen LogP contribution is 2.18. The number of hydrogen-bond donors (Lipinski definition) is 2. The lowest BCUT2D eigenvalue weighted by atomic mass is 10.1. The molecule has 1 aromatic rings. The number of nitrogens with one attached hydrogen (secondary N) is 2. The van der Waals surface area contributed by atoms with Gasteiger partial charge in [-0.05, 0) is 44.8 Å². The van der Waals surface area contributed by atoms with Gasteiger partial charge in [-0.3, -0.25) is 0 Å². The lowest BCUT2D eigenvalue weighted by Crippen LogP contribution is -2.40. The summed E-state index contributed by atoms with van der Waals surface area (Å²) in [6.07, 6.45) is 2.52. The molecule has 0 aromatic heterocycles. The first-order valence-electron chi connectivity index (χ1n) is 9.13. The molecule has 2 N–H and O–H groups in total. The Bertz CT molecular complexity index is 518. The number of guanidine groups is 1. The van der Waals surface area contributed by atoms with Gasteiger partial charge in [-0.25, -0.2) is 4.99 Å². The van der Waals surface area contributed by atoms with Gasteiger partial charge in [0.05, 0.1) is 13.7 Å². The predicted octanol–water partition coefficient (Wildman–Crippen LogP) is 2.48. The van der Waals surface area contributed by atoms with Crippen molar-refractivity contribution in [1.82, 2.24) is 15.5 Å². The molecule has 1 aromatic carbocycles. The Kier molecular flexibility index (Phi) is 7.89. The van der Waals surface area contributed by atoms with Crippen LogP contribution in [0.3, 0.4) is 0 Å². The van der Waals surface area contributed by atoms with E-state index >= 15 is 0 Å². The Morgan fingerprint density at radius 1 is 1.29 bits per heavy atom. The van der Waals surface area contributed by atoms with E-state index in [2.05, 4.69) is 35.4 Å². The second-order valence-electron chi connectivity index (χ2n) is 6.34. The summed E-state index contributed by atoms with van der Waals surface area (Å²) >= 11 is 0. The van der Waals surface area contributed by atoms with Crippen molar-refractivity contribution in [2.45, 2.75) is 33.2 Å². The fourth-order valence-electron chi connectivity index (χ4n) is 3.18. The first-order valence-corrected chi connectivity index (χ1v) is 9.13. The molecule has 5 nitrogen and oxygen atoms in total. The zero-order valence-electron chi connectivity index (χ0n) is 15.3. The van der Waals surface area contributed by atoms with Gasteiger partial charge in [0.2, 0.25) is 0 Å². The summed E-state index contributed by atoms with van der Waals surface area (Å²) in [6.45, 7) is 10.5. The van der Waals surface area contributed by atoms with Gasteiger partial charge >= 0.3 is 0 Å². The third-order valence-electron chi connectivity index (χ3n) is 4.41. The molecule has 1 fully saturated rings. The van der Waals surface area contributed by atoms with Crippen molar-refractivity contribution >= 4 is 5.96 Å². The predicted molar refractivity (Wildman–Crippen MR) is 101 cm³/mol. The van der Waals surface area contributed by atoms with Crippen molar-refractivity contribution in [1.29, 1.82) is 0 Å². The quantitative estimate of drug-likeness (QED) is 0.567. The molecule has 0 bridgehead atoms. The number of aliphatic imine (C=N–C) groups is 1. The minimum atomic E-state index is 0.617. The molecule has 0 saturated carbocycles. The maximum Gasteiger partial charge on any atom is 0.191 e. The van der Waals surface area contributed by atoms with Crippen LogP contribution in [-0.4, -0.2) is 50.7 Å². The molecule has 24 heavy (non-hydrogen) atoms. The van der Waals surface area contributed by atoms with Gasteiger partial charge in [-0.1, -0.05) is 25.1 Å². The van der Waals surface area contributed by atoms with E-state index < -0.39 is 0 Å². The zero-order valence-corrected chi connectivity index (χ0v) is 15.3. The number of hydrogen-bond acceptors (Lipinski definition) is 3. The molecular weight excluding hydrogens is 300 g/mol. The van der Waals surface area contributed by atoms with E-state index in [1.165, 1.54) is 32.5 Å². The highest BCUT2D eigenvalue weighted by Gasteiger charge is 2.21. The fraction of sp³-hybridized carbons (Fsp3) is 0.632. The Morgan fingerprint density at radius 3 is 2.88 bits per heavy atom. The van der Waals surface area contributed by atoms with Crippen LogP contribution in [0.5, 0.6) is 5.75 Å². The van der Waals surface area contributed by atoms with E-state index in [1.807, 2.05) is 18.2 Å². The van der Waals surface area contributed by atoms with Crippen molar-refractivity contribution in [3.8, 4) is 5.75 Å². The Hall–Kier alpha value is -1.75. The van der Waals surface area contributed by atoms with Crippen molar-refractivity contribution < 1.29 is 4.74 Å². The van der Waals surface area contributed by atoms with Crippen LogP contribution in [0.25, 0.3) is 0 Å². The molecule has 1 aliphatic heterocycles. The maximum absolute atomic E-state index is 5.40. The molecule has 1 unspecified atom stereocenters. The fourth-order valence-corrected chi connectivity index (χ4v) is 3.18. The van der Waals surface area contributed by atoms with Gasteiger partial charge in [-0.15, -0.1) is 0 Å². The Balaban J connectivity index is 1.87. The Morgan fingerprint density at radius 2 is 2.12 bits per heavy atom. The molecule has 134 valence electrons. The average molecular weight is 332 g/mol. The van der Waals surface area contributed by atoms with Crippen LogP contribution >= 0.6 is 0 Å². The standard InChI is InChI=1S/C19H32N4O/c1-4-11-23-12-10-16(15-23)13-21-19(20-5-2)22-14-17-8-6-7-9-18(17)24-3/h6-9,16H,4-5,10-15H2,1-3H3,(H2,20,21,22). The van der Waals surface area contributed by atoms with Crippen LogP contribution in [0, 0.1) is 5.92 Å². The zero-order chi connectivity index (χ0) is 17.2. The number of likely N-dealkylation sites (tertiary alicyclic amines) is 1. The molecular formula is C19H32N4O. The summed E-state index contributed by atoms with van der Waals surface area (Å²) in [4.78, 5) is 7.27. The van der Waals surface area contributed by atoms with Crippen LogP contribution in [0.15, 0.2) is 29.3 Å². The van der Waals surface area contributed by atoms with Gasteiger partial charge in [0.1, 0.15) is 5.75 Å². The number of benzene rings is 1. The van der Waals surface area contributed by atoms with Crippen LogP contribution in [-0.2, 0) is 6.54 Å². The lowest BCUT2D eigenvalue weighted by molar-refractivity contribution is 0.324. The summed E-state index contributed by atoms with van der Waals surface area (Å²) in [5.41, 5.74) is 1.10. The lowest BCUT2D eigenvalue weighted by Gasteiger charge is -2.17. The molecule has 1 aliphatic rings. The smallest absolute Gasteiger partial charge is 0.191 e. The molecule has 0 radical (unpaired) electrons. The van der Waals surface area contributed by atoms with Crippen LogP contribution in [0.2, 0.25) is 0 Å². The summed E-state index contributed by atoms with van der Waals surface area (Å²) in [5, 5.41) is 6.84. The van der Waals surface area contributed by atoms with E-state index in [1.54, 1.807) is 7.11 Å². The van der Waals surface area contributed by atoms with Gasteiger partial charge < -0.3 is 20.3 Å². The number of ether oxygens (including phenoxy) is 1. The van der Waals surface area contributed by atoms with Gasteiger partial charge in [0.15, 0.2) is 5.96 Å². The van der Waals surface area contributed by atoms with Gasteiger partial charge in [0.25, 0.3) is 0 Å². The third kappa shape index (κ3) is 5.71. The average Bonchev–Trinajstić information content (AvgIpc) is 3.05. The number of methoxy groups -OCH3 is 1. The first-order chi connectivity index (χ1) is 11.8. The number of nitrogens with zero attached hydrogens (tertiary/aromatic N) is 2. The molecule has 5 heteroatoms. The summed E-state index contributed by atoms with van der Waals surface area (Å²) < 4.78 is 5.40. The summed E-state index contributed by atoms with van der Waals surface area (Å²) in [7, 11) is 1.70. The molecule has 1 heterocycles. The van der Waals surface area contributed by atoms with Crippen LogP contribution < -0.4 is 15.4 Å². The van der Waals surface area contributed by atoms with Gasteiger partial charge in [-0.2, -0.15) is 0 Å². The molecule has 1 saturated heterocycles. The first kappa shape index (κ1) is 18.6. The second-order valence-corrected chi connectivity index (χ2v) is 6.34. The minimum absolute atomic E-state index is 0.617. The van der Waals surface area contributed by atoms with E-state index in [4.69, 9.17) is 9.73 Å². The van der Waals surface area contributed by atoms with Crippen LogP contribution in [0.1, 0.15) is 32.3 Å². The molecule has 0 amide bonds. The maximum atomic E-state index is 5.40. The van der Waals surface area contributed by atoms with Crippen molar-refractivity contribution in [2.24, 2.45) is 10.9 Å². The monoisotopic (exact) mass is 332 g/mol. The van der Waals surface area contributed by atoms with Crippen molar-refractivity contribution in [3.63, 3.8) is 0 Å². The second kappa shape index (κ2) is 10.2. The van der Waals surface area contributed by atoms with Crippen LogP contribution in [0.4, 0.5) is 0 Å². The molecule has 1 atom stereocenters. The van der Waals surface area contributed by atoms with E-state index in [-0.39, 0.29) is 0 Å². The molecule has 0 spiro atoms. The van der Waals surface area contributed by atoms with Crippen molar-refractivity contribution in [3.05, 3.63) is 29.8 Å². The number of para-hydroxylation sites is 1. The summed E-state index contributed by atoms with van der Waals surface area (Å²) in [6, 6.07) is 8.05. The van der Waals surface area contributed by atoms with E-state index in [9.17, 15) is 0 Å². The molecule has 0 aliphatic carbocycles. The Labute approximate surface area is 146 Å². The molecule has 2 rings (SSSR count). The van der Waals surface area contributed by atoms with Crippen molar-refractivity contribution in [2.75, 3.05) is 39.8 Å². The van der Waals surface area contributed by atoms with E-state index in [0.717, 1.165) is 30.4 Å². The largest absolute Gasteiger partial charge is 0.496 e. The highest BCUT2D eigenvalue weighted by atomic mass is 16.5. The summed E-state index contributed by atoms with van der Waals surface area (Å²) in [5.74, 6) is 2.49. The number of rotatable bonds is 8. The third-order valence-corrected chi connectivity index (χ3v) is 4.41.